The first-order chi connectivity index (χ1) is 36.6. The predicted molar refractivity (Wildman–Crippen MR) is 291 cm³/mol. The number of nitrogens with one attached hydrogen (secondary N) is 3. The molecule has 6 aromatic rings. The molecule has 21 nitrogen and oxygen atoms in total. The van der Waals surface area contributed by atoms with Gasteiger partial charge in [-0.25, -0.2) is 0 Å². The summed E-state index contributed by atoms with van der Waals surface area (Å²) in [5.41, 5.74) is 4.01. The zero-order chi connectivity index (χ0) is 54.3. The van der Waals surface area contributed by atoms with E-state index in [2.05, 4.69) is 22.9 Å². The fourth-order valence-corrected chi connectivity index (χ4v) is 8.71. The van der Waals surface area contributed by atoms with Crippen LogP contribution in [0.5, 0.6) is 17.2 Å². The van der Waals surface area contributed by atoms with Crippen LogP contribution in [0.1, 0.15) is 70.1 Å². The largest absolute Gasteiger partial charge is 0.497 e. The van der Waals surface area contributed by atoms with E-state index < -0.39 is 32.5 Å². The van der Waals surface area contributed by atoms with Crippen LogP contribution in [0.4, 0.5) is 51.2 Å². The molecule has 6 aromatic carbocycles. The minimum atomic E-state index is -0.448. The number of methoxy groups -OCH3 is 3. The van der Waals surface area contributed by atoms with E-state index in [1.165, 1.54) is 18.2 Å². The van der Waals surface area contributed by atoms with Crippen LogP contribution in [0.3, 0.4) is 0 Å². The number of amides is 3. The Morgan fingerprint density at radius 3 is 1.03 bits per heavy atom. The van der Waals surface area contributed by atoms with E-state index in [4.69, 9.17) is 14.2 Å². The number of piperidine rings is 1. The zero-order valence-electron chi connectivity index (χ0n) is 42.6. The van der Waals surface area contributed by atoms with Crippen LogP contribution in [0.15, 0.2) is 127 Å². The molecule has 0 bridgehead atoms. The highest BCUT2D eigenvalue weighted by molar-refractivity contribution is 6.06. The smallest absolute Gasteiger partial charge is 0.293 e. The molecule has 3 amide bonds. The van der Waals surface area contributed by atoms with Crippen molar-refractivity contribution in [3.8, 4) is 17.2 Å². The van der Waals surface area contributed by atoms with Crippen molar-refractivity contribution >= 4 is 68.9 Å². The first-order valence-electron chi connectivity index (χ1n) is 24.6. The van der Waals surface area contributed by atoms with E-state index in [1.54, 1.807) is 131 Å². The maximum absolute atomic E-state index is 12.5. The molecule has 76 heavy (non-hydrogen) atoms. The molecule has 0 atom stereocenters. The van der Waals surface area contributed by atoms with Gasteiger partial charge in [-0.1, -0.05) is 25.1 Å². The van der Waals surface area contributed by atoms with Crippen molar-refractivity contribution < 1.29 is 43.4 Å². The van der Waals surface area contributed by atoms with E-state index in [1.807, 2.05) is 14.7 Å². The second-order valence-electron chi connectivity index (χ2n) is 18.1. The van der Waals surface area contributed by atoms with Gasteiger partial charge >= 0.3 is 0 Å². The third-order valence-corrected chi connectivity index (χ3v) is 13.1. The normalized spacial score (nSPS) is 13.8. The Bertz CT molecular complexity index is 3080. The highest BCUT2D eigenvalue weighted by Gasteiger charge is 2.28. The number of hydrogen-bond donors (Lipinski definition) is 3. The summed E-state index contributed by atoms with van der Waals surface area (Å²) in [6.45, 7) is 6.98. The third-order valence-electron chi connectivity index (χ3n) is 13.1. The molecule has 0 aliphatic carbocycles. The van der Waals surface area contributed by atoms with Crippen molar-refractivity contribution in [3.63, 3.8) is 0 Å². The molecule has 0 aromatic heterocycles. The lowest BCUT2D eigenvalue weighted by Crippen LogP contribution is -2.37. The molecular formula is C55H59N9O12. The average Bonchev–Trinajstić information content (AvgIpc) is 3.96. The van der Waals surface area contributed by atoms with Crippen LogP contribution in [0.25, 0.3) is 0 Å². The molecule has 3 aliphatic rings. The number of benzene rings is 6. The van der Waals surface area contributed by atoms with E-state index in [9.17, 15) is 44.7 Å². The standard InChI is InChI=1S/C20H23N3O4.C18H19N3O4.C17H17N3O4/c1-14-8-10-22(11-9-14)18-7-6-15(12-19(18)23(25)26)20(24)21-16-4-3-5-17(13-16)27-2;1-25-15-6-4-5-14(12-15)19-18(22)13-7-8-16(17(11-13)21(23)24)20-9-2-3-10-20;1-24-14-5-2-4-13(11-14)18-17(21)12-6-7-15(19-8-3-9-19)16(10-12)20(22)23/h3-7,12-14H,8-11H2,1-2H3,(H,21,24);4-8,11-12H,2-3,9-10H2,1H3,(H,19,22);2,4-7,10-11H,3,8-9H2,1H3,(H,18,21). The van der Waals surface area contributed by atoms with Gasteiger partial charge in [-0.3, -0.25) is 44.7 Å². The van der Waals surface area contributed by atoms with Gasteiger partial charge in [0.25, 0.3) is 34.8 Å². The van der Waals surface area contributed by atoms with Crippen molar-refractivity contribution in [3.05, 3.63) is 174 Å². The number of carbonyl (C=O) groups is 3. The van der Waals surface area contributed by atoms with E-state index in [0.29, 0.717) is 57.3 Å². The van der Waals surface area contributed by atoms with Crippen LogP contribution in [0, 0.1) is 36.3 Å². The Balaban J connectivity index is 0.000000166. The van der Waals surface area contributed by atoms with Crippen molar-refractivity contribution in [2.45, 2.75) is 39.0 Å². The Morgan fingerprint density at radius 1 is 0.447 bits per heavy atom. The molecule has 21 heteroatoms. The SMILES string of the molecule is COc1cccc(NC(=O)c2ccc(N3CCC(C)CC3)c([N+](=O)[O-])c2)c1.COc1cccc(NC(=O)c2ccc(N3CCC3)c([N+](=O)[O-])c2)c1.COc1cccc(NC(=O)c2ccc(N3CCCC3)c([N+](=O)[O-])c2)c1. The molecule has 3 aliphatic heterocycles. The van der Waals surface area contributed by atoms with Gasteiger partial charge in [0.2, 0.25) is 0 Å². The van der Waals surface area contributed by atoms with Gasteiger partial charge in [-0.2, -0.15) is 0 Å². The summed E-state index contributed by atoms with van der Waals surface area (Å²) in [6.07, 6.45) is 5.09. The molecule has 0 unspecified atom stereocenters. The summed E-state index contributed by atoms with van der Waals surface area (Å²) in [5, 5.41) is 42.5. The zero-order valence-corrected chi connectivity index (χ0v) is 42.6. The number of ether oxygens (including phenoxy) is 3. The van der Waals surface area contributed by atoms with Crippen LogP contribution in [-0.2, 0) is 0 Å². The molecule has 9 rings (SSSR count). The highest BCUT2D eigenvalue weighted by Crippen LogP contribution is 2.35. The molecule has 0 radical (unpaired) electrons. The fourth-order valence-electron chi connectivity index (χ4n) is 8.71. The number of carbonyl (C=O) groups excluding carboxylic acids is 3. The predicted octanol–water partition coefficient (Wildman–Crippen LogP) is 10.6. The van der Waals surface area contributed by atoms with E-state index in [0.717, 1.165) is 71.4 Å². The molecule has 3 fully saturated rings. The van der Waals surface area contributed by atoms with Gasteiger partial charge < -0.3 is 44.9 Å². The van der Waals surface area contributed by atoms with Crippen LogP contribution in [0.2, 0.25) is 0 Å². The molecule has 0 saturated carbocycles. The number of nitro groups is 3. The van der Waals surface area contributed by atoms with Gasteiger partial charge in [0.1, 0.15) is 34.3 Å². The number of rotatable bonds is 15. The number of nitrogens with zero attached hydrogens (tertiary/aromatic N) is 6. The van der Waals surface area contributed by atoms with Crippen molar-refractivity contribution in [2.24, 2.45) is 5.92 Å². The lowest BCUT2D eigenvalue weighted by Gasteiger charge is -2.32. The lowest BCUT2D eigenvalue weighted by molar-refractivity contribution is -0.384. The Hall–Kier alpha value is -9.27. The monoisotopic (exact) mass is 1040 g/mol. The first-order valence-corrected chi connectivity index (χ1v) is 24.6. The molecule has 3 saturated heterocycles. The quantitative estimate of drug-likeness (QED) is 0.0638. The summed E-state index contributed by atoms with van der Waals surface area (Å²) in [5.74, 6) is 1.29. The van der Waals surface area contributed by atoms with E-state index in [-0.39, 0.29) is 33.8 Å². The van der Waals surface area contributed by atoms with Gasteiger partial charge in [0.15, 0.2) is 0 Å². The van der Waals surface area contributed by atoms with Crippen LogP contribution in [-0.4, -0.2) is 93.1 Å². The lowest BCUT2D eigenvalue weighted by atomic mass is 9.98. The van der Waals surface area contributed by atoms with Crippen molar-refractivity contribution in [2.75, 3.05) is 91.2 Å². The molecule has 0 spiro atoms. The Kier molecular flexibility index (Phi) is 18.4. The van der Waals surface area contributed by atoms with Gasteiger partial charge in [-0.15, -0.1) is 0 Å². The summed E-state index contributed by atoms with van der Waals surface area (Å²) >= 11 is 0. The highest BCUT2D eigenvalue weighted by atomic mass is 16.6. The van der Waals surface area contributed by atoms with Crippen molar-refractivity contribution in [1.29, 1.82) is 0 Å². The molecule has 3 N–H and O–H groups in total. The summed E-state index contributed by atoms with van der Waals surface area (Å²) < 4.78 is 15.4. The second kappa shape index (κ2) is 25.6. The first kappa shape index (κ1) is 54.5. The number of hydrogen-bond acceptors (Lipinski definition) is 15. The molecule has 396 valence electrons. The average molecular weight is 1040 g/mol. The summed E-state index contributed by atoms with van der Waals surface area (Å²) in [7, 11) is 4.63. The summed E-state index contributed by atoms with van der Waals surface area (Å²) in [4.78, 5) is 76.3. The number of anilines is 6. The number of nitro benzene ring substituents is 3. The van der Waals surface area contributed by atoms with Crippen LogP contribution >= 0.6 is 0 Å². The Morgan fingerprint density at radius 2 is 0.750 bits per heavy atom. The maximum Gasteiger partial charge on any atom is 0.293 e. The van der Waals surface area contributed by atoms with Gasteiger partial charge in [0.05, 0.1) is 36.1 Å². The summed E-state index contributed by atoms with van der Waals surface area (Å²) in [6, 6.07) is 34.7. The second-order valence-corrected chi connectivity index (χ2v) is 18.1. The maximum atomic E-state index is 12.5. The van der Waals surface area contributed by atoms with Gasteiger partial charge in [-0.05, 0) is 111 Å². The minimum absolute atomic E-state index is 0.0390. The fraction of sp³-hybridized carbons (Fsp3) is 0.291. The van der Waals surface area contributed by atoms with Crippen LogP contribution < -0.4 is 44.9 Å². The Labute approximate surface area is 438 Å². The molecular weight excluding hydrogens is 979 g/mol. The molecule has 3 heterocycles. The third kappa shape index (κ3) is 14.1. The van der Waals surface area contributed by atoms with Gasteiger partial charge in [0, 0.05) is 109 Å². The van der Waals surface area contributed by atoms with E-state index >= 15 is 0 Å². The topological polar surface area (TPSA) is 254 Å². The van der Waals surface area contributed by atoms with Crippen molar-refractivity contribution in [1.82, 2.24) is 0 Å². The minimum Gasteiger partial charge on any atom is -0.497 e.